The van der Waals surface area contributed by atoms with Gasteiger partial charge >= 0.3 is 0 Å². The first-order chi connectivity index (χ1) is 5.93. The molecule has 3 nitrogen and oxygen atoms in total. The Morgan fingerprint density at radius 3 is 2.62 bits per heavy atom. The third kappa shape index (κ3) is 2.37. The third-order valence-electron chi connectivity index (χ3n) is 2.26. The molecule has 76 valence electrons. The van der Waals surface area contributed by atoms with Crippen LogP contribution >= 0.6 is 0 Å². The maximum absolute atomic E-state index is 12.7. The predicted octanol–water partition coefficient (Wildman–Crippen LogP) is 1.01. The van der Waals surface area contributed by atoms with E-state index in [1.54, 1.807) is 0 Å². The van der Waals surface area contributed by atoms with E-state index in [2.05, 4.69) is 5.43 Å². The number of hydrogen-bond donors (Lipinski definition) is 1. The Labute approximate surface area is 76.1 Å². The fourth-order valence-electron chi connectivity index (χ4n) is 1.17. The highest BCUT2D eigenvalue weighted by atomic mass is 19.3. The van der Waals surface area contributed by atoms with Crippen molar-refractivity contribution in [1.29, 1.82) is 0 Å². The van der Waals surface area contributed by atoms with Crippen LogP contribution in [0.15, 0.2) is 0 Å². The molecule has 0 spiro atoms. The molecule has 1 atom stereocenters. The zero-order chi connectivity index (χ0) is 10.1. The first-order valence-corrected chi connectivity index (χ1v) is 4.35. The van der Waals surface area contributed by atoms with E-state index < -0.39 is 17.7 Å². The smallest absolute Gasteiger partial charge is 0.256 e. The van der Waals surface area contributed by atoms with E-state index in [9.17, 15) is 13.6 Å². The quantitative estimate of drug-likeness (QED) is 0.708. The van der Waals surface area contributed by atoms with Crippen LogP contribution < -0.4 is 5.43 Å². The summed E-state index contributed by atoms with van der Waals surface area (Å²) >= 11 is 0. The fraction of sp³-hybridized carbons (Fsp3) is 0.875. The van der Waals surface area contributed by atoms with E-state index in [-0.39, 0.29) is 0 Å². The van der Waals surface area contributed by atoms with E-state index in [4.69, 9.17) is 0 Å². The number of rotatable bonds is 2. The van der Waals surface area contributed by atoms with E-state index in [0.717, 1.165) is 13.3 Å². The molecule has 0 aromatic rings. The van der Waals surface area contributed by atoms with Crippen LogP contribution in [0.2, 0.25) is 0 Å². The van der Waals surface area contributed by atoms with Crippen molar-refractivity contribution >= 4 is 5.91 Å². The summed E-state index contributed by atoms with van der Waals surface area (Å²) in [6.45, 7) is 3.24. The molecule has 0 saturated carbocycles. The summed E-state index contributed by atoms with van der Waals surface area (Å²) in [6.07, 6.45) is 0.827. The Bertz CT molecular complexity index is 197. The van der Waals surface area contributed by atoms with E-state index in [1.807, 2.05) is 0 Å². The molecule has 1 unspecified atom stereocenters. The number of amides is 1. The second kappa shape index (κ2) is 3.57. The Morgan fingerprint density at radius 1 is 1.62 bits per heavy atom. The minimum Gasteiger partial charge on any atom is -0.278 e. The molecule has 5 heteroatoms. The molecule has 0 aromatic carbocycles. The number of hydrogen-bond acceptors (Lipinski definition) is 2. The molecule has 1 heterocycles. The molecule has 1 N–H and O–H groups in total. The molecular formula is C8H14F2N2O. The summed E-state index contributed by atoms with van der Waals surface area (Å²) in [5.74, 6) is -4.72. The van der Waals surface area contributed by atoms with Crippen LogP contribution in [0.25, 0.3) is 0 Å². The lowest BCUT2D eigenvalue weighted by Gasteiger charge is -2.24. The molecule has 1 aliphatic rings. The van der Waals surface area contributed by atoms with E-state index in [1.165, 1.54) is 11.9 Å². The van der Waals surface area contributed by atoms with Crippen molar-refractivity contribution in [2.45, 2.75) is 26.2 Å². The van der Waals surface area contributed by atoms with Crippen LogP contribution in [0.5, 0.6) is 0 Å². The van der Waals surface area contributed by atoms with Crippen LogP contribution in [-0.4, -0.2) is 29.9 Å². The zero-order valence-corrected chi connectivity index (χ0v) is 7.81. The van der Waals surface area contributed by atoms with Crippen LogP contribution in [0.1, 0.15) is 20.3 Å². The SMILES string of the molecule is CC(C(=O)N1CCCN1)C(C)(F)F. The number of carbonyl (C=O) groups is 1. The van der Waals surface area contributed by atoms with Gasteiger partial charge in [0, 0.05) is 20.0 Å². The number of halogens is 2. The highest BCUT2D eigenvalue weighted by Gasteiger charge is 2.38. The fourth-order valence-corrected chi connectivity index (χ4v) is 1.17. The van der Waals surface area contributed by atoms with Crippen molar-refractivity contribution in [2.24, 2.45) is 5.92 Å². The molecule has 0 bridgehead atoms. The van der Waals surface area contributed by atoms with Gasteiger partial charge in [0.1, 0.15) is 0 Å². The third-order valence-corrected chi connectivity index (χ3v) is 2.26. The monoisotopic (exact) mass is 192 g/mol. The molecule has 1 fully saturated rings. The number of hydrazine groups is 1. The zero-order valence-electron chi connectivity index (χ0n) is 7.81. The summed E-state index contributed by atoms with van der Waals surface area (Å²) in [7, 11) is 0. The van der Waals surface area contributed by atoms with Gasteiger partial charge in [0.15, 0.2) is 0 Å². The molecule has 0 radical (unpaired) electrons. The maximum atomic E-state index is 12.7. The molecule has 1 aliphatic heterocycles. The topological polar surface area (TPSA) is 32.3 Å². The number of nitrogens with one attached hydrogen (secondary N) is 1. The van der Waals surface area contributed by atoms with Gasteiger partial charge in [-0.3, -0.25) is 9.80 Å². The van der Waals surface area contributed by atoms with Crippen LogP contribution in [0.4, 0.5) is 8.78 Å². The summed E-state index contributed by atoms with van der Waals surface area (Å²) in [6, 6.07) is 0. The van der Waals surface area contributed by atoms with Gasteiger partial charge < -0.3 is 0 Å². The lowest BCUT2D eigenvalue weighted by molar-refractivity contribution is -0.148. The molecule has 1 saturated heterocycles. The van der Waals surface area contributed by atoms with Crippen molar-refractivity contribution in [1.82, 2.24) is 10.4 Å². The second-order valence-electron chi connectivity index (χ2n) is 3.43. The predicted molar refractivity (Wildman–Crippen MR) is 44.1 cm³/mol. The van der Waals surface area contributed by atoms with Gasteiger partial charge in [-0.2, -0.15) is 0 Å². The van der Waals surface area contributed by atoms with Gasteiger partial charge in [-0.15, -0.1) is 0 Å². The average Bonchev–Trinajstić information content (AvgIpc) is 2.51. The van der Waals surface area contributed by atoms with Crippen molar-refractivity contribution in [3.8, 4) is 0 Å². The van der Waals surface area contributed by atoms with Crippen molar-refractivity contribution < 1.29 is 13.6 Å². The summed E-state index contributed by atoms with van der Waals surface area (Å²) in [4.78, 5) is 11.4. The minimum atomic E-state index is -2.94. The highest BCUT2D eigenvalue weighted by molar-refractivity contribution is 5.79. The Morgan fingerprint density at radius 2 is 2.23 bits per heavy atom. The van der Waals surface area contributed by atoms with Crippen molar-refractivity contribution in [3.05, 3.63) is 0 Å². The molecule has 13 heavy (non-hydrogen) atoms. The average molecular weight is 192 g/mol. The van der Waals surface area contributed by atoms with Crippen molar-refractivity contribution in [3.63, 3.8) is 0 Å². The van der Waals surface area contributed by atoms with Gasteiger partial charge in [-0.05, 0) is 13.3 Å². The minimum absolute atomic E-state index is 0.523. The number of nitrogens with zero attached hydrogens (tertiary/aromatic N) is 1. The first kappa shape index (κ1) is 10.4. The van der Waals surface area contributed by atoms with E-state index in [0.29, 0.717) is 13.1 Å². The second-order valence-corrected chi connectivity index (χ2v) is 3.43. The normalized spacial score (nSPS) is 20.5. The lowest BCUT2D eigenvalue weighted by atomic mass is 10.0. The first-order valence-electron chi connectivity index (χ1n) is 4.35. The summed E-state index contributed by atoms with van der Waals surface area (Å²) < 4.78 is 25.5. The van der Waals surface area contributed by atoms with Gasteiger partial charge in [0.05, 0.1) is 5.92 Å². The van der Waals surface area contributed by atoms with E-state index >= 15 is 0 Å². The maximum Gasteiger partial charge on any atom is 0.256 e. The standard InChI is InChI=1S/C8H14F2N2O/c1-6(8(2,9)10)7(13)12-5-3-4-11-12/h6,11H,3-5H2,1-2H3. The lowest BCUT2D eigenvalue weighted by Crippen LogP contribution is -2.44. The Balaban J connectivity index is 2.56. The van der Waals surface area contributed by atoms with Gasteiger partial charge in [-0.1, -0.05) is 0 Å². The molecule has 0 aliphatic carbocycles. The number of alkyl halides is 2. The Kier molecular flexibility index (Phi) is 2.85. The highest BCUT2D eigenvalue weighted by Crippen LogP contribution is 2.25. The molecular weight excluding hydrogens is 178 g/mol. The van der Waals surface area contributed by atoms with Crippen LogP contribution in [-0.2, 0) is 4.79 Å². The van der Waals surface area contributed by atoms with Gasteiger partial charge in [-0.25, -0.2) is 14.2 Å². The Hall–Kier alpha value is -0.710. The molecule has 1 amide bonds. The van der Waals surface area contributed by atoms with Gasteiger partial charge in [0.25, 0.3) is 5.92 Å². The summed E-state index contributed by atoms with van der Waals surface area (Å²) in [5, 5.41) is 1.28. The molecule has 1 rings (SSSR count). The summed E-state index contributed by atoms with van der Waals surface area (Å²) in [5.41, 5.74) is 2.76. The largest absolute Gasteiger partial charge is 0.278 e. The van der Waals surface area contributed by atoms with Gasteiger partial charge in [0.2, 0.25) is 5.91 Å². The van der Waals surface area contributed by atoms with Crippen LogP contribution in [0, 0.1) is 5.92 Å². The van der Waals surface area contributed by atoms with Crippen molar-refractivity contribution in [2.75, 3.05) is 13.1 Å². The molecule has 0 aromatic heterocycles. The van der Waals surface area contributed by atoms with Crippen LogP contribution in [0.3, 0.4) is 0 Å². The number of carbonyl (C=O) groups excluding carboxylic acids is 1.